The number of nitrogens with zero attached hydrogens (tertiary/aromatic N) is 3. The third-order valence-electron chi connectivity index (χ3n) is 5.75. The number of nitriles is 1. The Morgan fingerprint density at radius 2 is 1.97 bits per heavy atom. The normalized spacial score (nSPS) is 18.5. The Kier molecular flexibility index (Phi) is 5.77. The van der Waals surface area contributed by atoms with Crippen LogP contribution in [0.5, 0.6) is 11.5 Å². The zero-order valence-corrected chi connectivity index (χ0v) is 17.8. The minimum absolute atomic E-state index is 0.00964. The molecule has 4 rings (SSSR count). The van der Waals surface area contributed by atoms with E-state index < -0.39 is 0 Å². The van der Waals surface area contributed by atoms with Crippen LogP contribution < -0.4 is 15.4 Å². The fraction of sp³-hybridized carbons (Fsp3) is 0.320. The molecule has 1 saturated carbocycles. The van der Waals surface area contributed by atoms with Crippen LogP contribution in [-0.4, -0.2) is 24.2 Å². The Morgan fingerprint density at radius 3 is 2.58 bits per heavy atom. The average molecular weight is 415 g/mol. The maximum absolute atomic E-state index is 12.4. The van der Waals surface area contributed by atoms with Crippen molar-refractivity contribution in [1.82, 2.24) is 0 Å². The molecule has 6 nitrogen and oxygen atoms in total. The minimum Gasteiger partial charge on any atom is -0.456 e. The van der Waals surface area contributed by atoms with Crippen molar-refractivity contribution in [3.8, 4) is 17.6 Å². The quantitative estimate of drug-likeness (QED) is 0.726. The first-order chi connectivity index (χ1) is 15.0. The fourth-order valence-electron chi connectivity index (χ4n) is 3.96. The van der Waals surface area contributed by atoms with E-state index in [9.17, 15) is 4.79 Å². The highest BCUT2D eigenvalue weighted by molar-refractivity contribution is 6.11. The summed E-state index contributed by atoms with van der Waals surface area (Å²) in [6.45, 7) is 3.65. The molecule has 2 aromatic carbocycles. The molecule has 31 heavy (non-hydrogen) atoms. The van der Waals surface area contributed by atoms with Crippen LogP contribution in [0.15, 0.2) is 47.6 Å². The van der Waals surface area contributed by atoms with Crippen molar-refractivity contribution in [2.75, 3.05) is 4.90 Å². The summed E-state index contributed by atoms with van der Waals surface area (Å²) in [5.74, 6) is 1.31. The van der Waals surface area contributed by atoms with Gasteiger partial charge in [0.05, 0.1) is 23.4 Å². The highest BCUT2D eigenvalue weighted by Gasteiger charge is 2.30. The lowest BCUT2D eigenvalue weighted by Gasteiger charge is -2.36. The number of benzene rings is 2. The monoisotopic (exact) mass is 414 g/mol. The largest absolute Gasteiger partial charge is 0.456 e. The maximum Gasteiger partial charge on any atom is 0.224 e. The lowest BCUT2D eigenvalue weighted by molar-refractivity contribution is -0.117. The number of allylic oxidation sites excluding steroid dienone is 1. The number of rotatable bonds is 5. The number of carbonyl (C=O) groups is 1. The highest BCUT2D eigenvalue weighted by atomic mass is 16.5. The lowest BCUT2D eigenvalue weighted by atomic mass is 9.91. The molecule has 2 N–H and O–H groups in total. The van der Waals surface area contributed by atoms with Gasteiger partial charge >= 0.3 is 0 Å². The molecule has 0 saturated heterocycles. The van der Waals surface area contributed by atoms with Gasteiger partial charge in [-0.1, -0.05) is 0 Å². The summed E-state index contributed by atoms with van der Waals surface area (Å²) >= 11 is 0. The van der Waals surface area contributed by atoms with E-state index in [4.69, 9.17) is 15.7 Å². The molecule has 0 spiro atoms. The van der Waals surface area contributed by atoms with Crippen molar-refractivity contribution in [3.05, 3.63) is 59.3 Å². The second-order valence-electron chi connectivity index (χ2n) is 8.09. The number of fused-ring (bicyclic) bond motifs is 1. The highest BCUT2D eigenvalue weighted by Crippen LogP contribution is 2.43. The average Bonchev–Trinajstić information content (AvgIpc) is 3.59. The van der Waals surface area contributed by atoms with Gasteiger partial charge in [-0.2, -0.15) is 5.26 Å². The van der Waals surface area contributed by atoms with Crippen molar-refractivity contribution in [1.29, 1.82) is 5.26 Å². The molecule has 0 radical (unpaired) electrons. The number of hydrogen-bond acceptors (Lipinski definition) is 5. The first-order valence-corrected chi connectivity index (χ1v) is 10.6. The summed E-state index contributed by atoms with van der Waals surface area (Å²) in [6, 6.07) is 13.6. The Labute approximate surface area is 182 Å². The summed E-state index contributed by atoms with van der Waals surface area (Å²) < 4.78 is 6.37. The van der Waals surface area contributed by atoms with E-state index in [0.29, 0.717) is 23.1 Å². The molecule has 1 amide bonds. The van der Waals surface area contributed by atoms with Gasteiger partial charge in [0.15, 0.2) is 0 Å². The van der Waals surface area contributed by atoms with E-state index >= 15 is 0 Å². The van der Waals surface area contributed by atoms with Gasteiger partial charge in [-0.15, -0.1) is 0 Å². The number of ether oxygens (including phenoxy) is 1. The molecule has 158 valence electrons. The van der Waals surface area contributed by atoms with E-state index in [1.807, 2.05) is 23.2 Å². The van der Waals surface area contributed by atoms with Gasteiger partial charge in [0, 0.05) is 42.1 Å². The predicted molar refractivity (Wildman–Crippen MR) is 122 cm³/mol. The van der Waals surface area contributed by atoms with Crippen molar-refractivity contribution >= 4 is 23.4 Å². The number of aliphatic imine (C=N–C) groups is 1. The second kappa shape index (κ2) is 8.65. The van der Waals surface area contributed by atoms with Gasteiger partial charge in [0.25, 0.3) is 0 Å². The number of carbonyl (C=O) groups excluding carboxylic acids is 1. The molecule has 1 aliphatic carbocycles. The molecule has 0 aromatic heterocycles. The van der Waals surface area contributed by atoms with Crippen molar-refractivity contribution < 1.29 is 9.53 Å². The summed E-state index contributed by atoms with van der Waals surface area (Å²) in [7, 11) is 0. The Balaban J connectivity index is 1.82. The van der Waals surface area contributed by atoms with Crippen LogP contribution >= 0.6 is 0 Å². The van der Waals surface area contributed by atoms with Crippen LogP contribution in [0.1, 0.15) is 49.8 Å². The molecule has 1 atom stereocenters. The fourth-order valence-corrected chi connectivity index (χ4v) is 3.96. The minimum atomic E-state index is 0.00964. The summed E-state index contributed by atoms with van der Waals surface area (Å²) in [4.78, 5) is 18.8. The second-order valence-corrected chi connectivity index (χ2v) is 8.09. The standard InChI is InChI=1S/C25H26N4O2/c1-16-3-10-23-24(29(16)17(2)30)12-11-22(19(14-27)15-28-20-6-7-20)25(23)31-21-8-4-18(13-26)5-9-21/h4-5,8-9,11-12,14-16,20H,3,6-7,10,27H2,1-2H3. The Hall–Kier alpha value is -3.59. The van der Waals surface area contributed by atoms with Crippen LogP contribution in [-0.2, 0) is 11.2 Å². The summed E-state index contributed by atoms with van der Waals surface area (Å²) in [5.41, 5.74) is 10.0. The van der Waals surface area contributed by atoms with Gasteiger partial charge in [-0.3, -0.25) is 9.79 Å². The zero-order chi connectivity index (χ0) is 22.0. The number of hydrogen-bond donors (Lipinski definition) is 1. The first-order valence-electron chi connectivity index (χ1n) is 10.6. The van der Waals surface area contributed by atoms with Gasteiger partial charge < -0.3 is 15.4 Å². The van der Waals surface area contributed by atoms with E-state index in [1.165, 1.54) is 0 Å². The molecular weight excluding hydrogens is 388 g/mol. The molecule has 2 aromatic rings. The van der Waals surface area contributed by atoms with Crippen LogP contribution in [0.3, 0.4) is 0 Å². The van der Waals surface area contributed by atoms with E-state index in [0.717, 1.165) is 48.1 Å². The number of nitrogens with two attached hydrogens (primary N) is 1. The van der Waals surface area contributed by atoms with Crippen molar-refractivity contribution in [2.45, 2.75) is 51.6 Å². The van der Waals surface area contributed by atoms with Crippen LogP contribution in [0.4, 0.5) is 5.69 Å². The van der Waals surface area contributed by atoms with E-state index in [-0.39, 0.29) is 11.9 Å². The van der Waals surface area contributed by atoms with Gasteiger partial charge in [-0.25, -0.2) is 0 Å². The van der Waals surface area contributed by atoms with Crippen LogP contribution in [0.25, 0.3) is 5.57 Å². The van der Waals surface area contributed by atoms with E-state index in [1.54, 1.807) is 37.4 Å². The third kappa shape index (κ3) is 4.31. The first kappa shape index (κ1) is 20.7. The molecule has 2 aliphatic rings. The van der Waals surface area contributed by atoms with Gasteiger partial charge in [0.2, 0.25) is 5.91 Å². The number of anilines is 1. The van der Waals surface area contributed by atoms with Gasteiger partial charge in [0.1, 0.15) is 11.5 Å². The Morgan fingerprint density at radius 1 is 1.23 bits per heavy atom. The van der Waals surface area contributed by atoms with Crippen LogP contribution in [0, 0.1) is 11.3 Å². The smallest absolute Gasteiger partial charge is 0.224 e. The zero-order valence-electron chi connectivity index (χ0n) is 17.8. The molecule has 6 heteroatoms. The molecular formula is C25H26N4O2. The number of amides is 1. The maximum atomic E-state index is 12.4. The lowest BCUT2D eigenvalue weighted by Crippen LogP contribution is -2.40. The molecule has 1 unspecified atom stereocenters. The van der Waals surface area contributed by atoms with E-state index in [2.05, 4.69) is 18.0 Å². The Bertz CT molecular complexity index is 1090. The summed E-state index contributed by atoms with van der Waals surface area (Å²) in [5, 5.41) is 9.08. The SMILES string of the molecule is CC(=O)N1c2ccc(C(C=NC3CC3)=CN)c(Oc3ccc(C#N)cc3)c2CCC1C. The van der Waals surface area contributed by atoms with Crippen molar-refractivity contribution in [3.63, 3.8) is 0 Å². The molecule has 1 heterocycles. The third-order valence-corrected chi connectivity index (χ3v) is 5.75. The van der Waals surface area contributed by atoms with Crippen molar-refractivity contribution in [2.24, 2.45) is 10.7 Å². The predicted octanol–water partition coefficient (Wildman–Crippen LogP) is 4.57. The molecule has 0 bridgehead atoms. The van der Waals surface area contributed by atoms with Crippen LogP contribution in [0.2, 0.25) is 0 Å². The topological polar surface area (TPSA) is 91.7 Å². The molecule has 1 aliphatic heterocycles. The summed E-state index contributed by atoms with van der Waals surface area (Å²) in [6.07, 6.45) is 7.22. The molecule has 1 fully saturated rings. The van der Waals surface area contributed by atoms with Gasteiger partial charge in [-0.05, 0) is 69.0 Å².